The van der Waals surface area contributed by atoms with Crippen LogP contribution in [-0.4, -0.2) is 23.0 Å². The van der Waals surface area contributed by atoms with Gasteiger partial charge in [0.25, 0.3) is 5.56 Å². The number of aromatic nitrogens is 2. The van der Waals surface area contributed by atoms with Gasteiger partial charge in [0.2, 0.25) is 5.91 Å². The molecule has 1 aromatic heterocycles. The first-order valence-electron chi connectivity index (χ1n) is 5.84. The molecule has 0 radical (unpaired) electrons. The maximum absolute atomic E-state index is 11.9. The Morgan fingerprint density at radius 3 is 2.70 bits per heavy atom. The predicted octanol–water partition coefficient (Wildman–Crippen LogP) is 0.253. The number of ether oxygens (including phenoxy) is 1. The van der Waals surface area contributed by atoms with Crippen LogP contribution in [0.25, 0.3) is 0 Å². The van der Waals surface area contributed by atoms with Gasteiger partial charge in [0, 0.05) is 11.8 Å². The molecule has 2 aromatic rings. The highest BCUT2D eigenvalue weighted by molar-refractivity contribution is 5.93. The molecule has 0 unspecified atom stereocenters. The van der Waals surface area contributed by atoms with Crippen LogP contribution in [0.5, 0.6) is 5.75 Å². The molecular formula is C13H13N3O4. The number of methoxy groups -OCH3 is 1. The Balaban J connectivity index is 2.13. The first-order valence-corrected chi connectivity index (χ1v) is 5.84. The number of hydrogen-bond acceptors (Lipinski definition) is 4. The lowest BCUT2D eigenvalue weighted by Gasteiger charge is -2.09. The quantitative estimate of drug-likeness (QED) is 0.744. The van der Waals surface area contributed by atoms with Crippen LogP contribution in [0, 0.1) is 0 Å². The summed E-state index contributed by atoms with van der Waals surface area (Å²) in [6, 6.07) is 8.11. The molecule has 0 aliphatic carbocycles. The monoisotopic (exact) mass is 275 g/mol. The van der Waals surface area contributed by atoms with Crippen molar-refractivity contribution < 1.29 is 9.53 Å². The van der Waals surface area contributed by atoms with Crippen molar-refractivity contribution in [1.29, 1.82) is 0 Å². The van der Waals surface area contributed by atoms with Crippen LogP contribution in [0.3, 0.4) is 0 Å². The van der Waals surface area contributed by atoms with Gasteiger partial charge in [0.15, 0.2) is 0 Å². The van der Waals surface area contributed by atoms with Crippen molar-refractivity contribution in [3.05, 3.63) is 56.9 Å². The number of para-hydroxylation sites is 2. The van der Waals surface area contributed by atoms with E-state index in [1.54, 1.807) is 24.3 Å². The van der Waals surface area contributed by atoms with Gasteiger partial charge in [0.05, 0.1) is 19.2 Å². The molecule has 7 heteroatoms. The molecule has 1 heterocycles. The normalized spacial score (nSPS) is 10.1. The van der Waals surface area contributed by atoms with E-state index < -0.39 is 11.2 Å². The number of H-pyrrole nitrogens is 2. The number of carbonyl (C=O) groups excluding carboxylic acids is 1. The fourth-order valence-electron chi connectivity index (χ4n) is 1.73. The third-order valence-electron chi connectivity index (χ3n) is 2.55. The maximum Gasteiger partial charge on any atom is 0.325 e. The summed E-state index contributed by atoms with van der Waals surface area (Å²) >= 11 is 0. The number of carbonyl (C=O) groups is 1. The van der Waals surface area contributed by atoms with Gasteiger partial charge < -0.3 is 15.0 Å². The van der Waals surface area contributed by atoms with Gasteiger partial charge >= 0.3 is 5.69 Å². The summed E-state index contributed by atoms with van der Waals surface area (Å²) in [4.78, 5) is 38.5. The molecular weight excluding hydrogens is 262 g/mol. The van der Waals surface area contributed by atoms with Crippen molar-refractivity contribution >= 4 is 11.6 Å². The highest BCUT2D eigenvalue weighted by Crippen LogP contribution is 2.22. The lowest BCUT2D eigenvalue weighted by atomic mass is 10.2. The zero-order valence-electron chi connectivity index (χ0n) is 10.7. The molecule has 0 aliphatic rings. The van der Waals surface area contributed by atoms with Crippen molar-refractivity contribution in [2.75, 3.05) is 12.4 Å². The smallest absolute Gasteiger partial charge is 0.325 e. The first-order chi connectivity index (χ1) is 9.58. The molecule has 1 amide bonds. The molecule has 0 spiro atoms. The van der Waals surface area contributed by atoms with Crippen LogP contribution < -0.4 is 21.3 Å². The van der Waals surface area contributed by atoms with E-state index in [0.29, 0.717) is 11.4 Å². The maximum atomic E-state index is 11.9. The zero-order chi connectivity index (χ0) is 14.5. The van der Waals surface area contributed by atoms with E-state index in [2.05, 4.69) is 10.3 Å². The average molecular weight is 275 g/mol. The molecule has 0 bridgehead atoms. The minimum Gasteiger partial charge on any atom is -0.495 e. The highest BCUT2D eigenvalue weighted by atomic mass is 16.5. The number of amides is 1. The number of anilines is 1. The Morgan fingerprint density at radius 2 is 2.00 bits per heavy atom. The summed E-state index contributed by atoms with van der Waals surface area (Å²) in [5.41, 5.74) is -0.426. The summed E-state index contributed by atoms with van der Waals surface area (Å²) < 4.78 is 5.11. The fourth-order valence-corrected chi connectivity index (χ4v) is 1.73. The Bertz CT molecular complexity index is 704. The summed E-state index contributed by atoms with van der Waals surface area (Å²) in [5, 5.41) is 2.65. The fraction of sp³-hybridized carbons (Fsp3) is 0.154. The van der Waals surface area contributed by atoms with E-state index in [0.717, 1.165) is 0 Å². The molecule has 0 aliphatic heterocycles. The van der Waals surface area contributed by atoms with E-state index in [4.69, 9.17) is 4.74 Å². The number of hydrogen-bond donors (Lipinski definition) is 3. The highest BCUT2D eigenvalue weighted by Gasteiger charge is 2.08. The lowest BCUT2D eigenvalue weighted by Crippen LogP contribution is -2.25. The summed E-state index contributed by atoms with van der Waals surface area (Å²) in [7, 11) is 1.50. The van der Waals surface area contributed by atoms with Crippen LogP contribution in [-0.2, 0) is 11.2 Å². The van der Waals surface area contributed by atoms with Crippen LogP contribution in [0.15, 0.2) is 39.9 Å². The molecule has 0 atom stereocenters. The standard InChI is InChI=1S/C13H13N3O4/c1-20-10-5-3-2-4-9(10)15-11(17)6-8-7-12(18)16-13(19)14-8/h2-5,7H,6H2,1H3,(H,15,17)(H2,14,16,18,19). The van der Waals surface area contributed by atoms with E-state index in [1.165, 1.54) is 13.2 Å². The lowest BCUT2D eigenvalue weighted by molar-refractivity contribution is -0.115. The summed E-state index contributed by atoms with van der Waals surface area (Å²) in [6.45, 7) is 0. The van der Waals surface area contributed by atoms with Crippen molar-refractivity contribution in [1.82, 2.24) is 9.97 Å². The van der Waals surface area contributed by atoms with Gasteiger partial charge in [-0.3, -0.25) is 14.6 Å². The molecule has 2 rings (SSSR count). The third kappa shape index (κ3) is 3.35. The molecule has 0 saturated carbocycles. The van der Waals surface area contributed by atoms with E-state index in [1.807, 2.05) is 4.98 Å². The Labute approximate surface area is 113 Å². The minimum absolute atomic E-state index is 0.114. The molecule has 1 aromatic carbocycles. The number of aromatic amines is 2. The third-order valence-corrected chi connectivity index (χ3v) is 2.55. The zero-order valence-corrected chi connectivity index (χ0v) is 10.7. The Kier molecular flexibility index (Phi) is 3.99. The van der Waals surface area contributed by atoms with E-state index in [-0.39, 0.29) is 18.0 Å². The summed E-state index contributed by atoms with van der Waals surface area (Å²) in [5.74, 6) is 0.163. The van der Waals surface area contributed by atoms with Gasteiger partial charge in [-0.05, 0) is 12.1 Å². The van der Waals surface area contributed by atoms with Crippen LogP contribution in [0.4, 0.5) is 5.69 Å². The summed E-state index contributed by atoms with van der Waals surface area (Å²) in [6.07, 6.45) is -0.114. The van der Waals surface area contributed by atoms with E-state index >= 15 is 0 Å². The van der Waals surface area contributed by atoms with Crippen LogP contribution in [0.2, 0.25) is 0 Å². The Hall–Kier alpha value is -2.83. The van der Waals surface area contributed by atoms with Crippen molar-refractivity contribution in [2.45, 2.75) is 6.42 Å². The van der Waals surface area contributed by atoms with Crippen molar-refractivity contribution in [3.63, 3.8) is 0 Å². The largest absolute Gasteiger partial charge is 0.495 e. The molecule has 104 valence electrons. The first kappa shape index (κ1) is 13.6. The van der Waals surface area contributed by atoms with Gasteiger partial charge in [-0.2, -0.15) is 0 Å². The molecule has 20 heavy (non-hydrogen) atoms. The average Bonchev–Trinajstić information content (AvgIpc) is 2.37. The second-order valence-corrected chi connectivity index (χ2v) is 4.04. The van der Waals surface area contributed by atoms with Crippen LogP contribution >= 0.6 is 0 Å². The molecule has 0 fully saturated rings. The Morgan fingerprint density at radius 1 is 1.25 bits per heavy atom. The van der Waals surface area contributed by atoms with Gasteiger partial charge in [-0.1, -0.05) is 12.1 Å². The molecule has 7 nitrogen and oxygen atoms in total. The molecule has 0 saturated heterocycles. The SMILES string of the molecule is COc1ccccc1NC(=O)Cc1cc(=O)[nH]c(=O)[nH]1. The number of benzene rings is 1. The van der Waals surface area contributed by atoms with Crippen molar-refractivity contribution in [2.24, 2.45) is 0 Å². The van der Waals surface area contributed by atoms with Gasteiger partial charge in [0.1, 0.15) is 5.75 Å². The number of nitrogens with one attached hydrogen (secondary N) is 3. The van der Waals surface area contributed by atoms with Crippen molar-refractivity contribution in [3.8, 4) is 5.75 Å². The predicted molar refractivity (Wildman–Crippen MR) is 73.0 cm³/mol. The molecule has 3 N–H and O–H groups in total. The minimum atomic E-state index is -0.641. The second kappa shape index (κ2) is 5.87. The second-order valence-electron chi connectivity index (χ2n) is 4.04. The van der Waals surface area contributed by atoms with Gasteiger partial charge in [-0.15, -0.1) is 0 Å². The number of rotatable bonds is 4. The van der Waals surface area contributed by atoms with E-state index in [9.17, 15) is 14.4 Å². The van der Waals surface area contributed by atoms with Gasteiger partial charge in [-0.25, -0.2) is 4.79 Å². The van der Waals surface area contributed by atoms with Crippen LogP contribution in [0.1, 0.15) is 5.69 Å². The topological polar surface area (TPSA) is 104 Å².